The zero-order chi connectivity index (χ0) is 21.0. The molecule has 0 saturated heterocycles. The van der Waals surface area contributed by atoms with Crippen LogP contribution < -0.4 is 4.40 Å². The molecule has 2 heteroatoms. The quantitative estimate of drug-likeness (QED) is 0.404. The number of nitrogens with zero attached hydrogens (tertiary/aromatic N) is 1. The second kappa shape index (κ2) is 7.13. The summed E-state index contributed by atoms with van der Waals surface area (Å²) in [6.07, 6.45) is 3.34. The molecule has 0 bridgehead atoms. The van der Waals surface area contributed by atoms with E-state index in [0.717, 1.165) is 12.1 Å². The maximum absolute atomic E-state index is 5.04. The molecular formula is C27H33GeN. The van der Waals surface area contributed by atoms with Crippen molar-refractivity contribution >= 4 is 17.7 Å². The molecule has 0 radical (unpaired) electrons. The minimum atomic E-state index is -1.97. The van der Waals surface area contributed by atoms with Crippen LogP contribution in [0.4, 0.5) is 0 Å². The zero-order valence-corrected chi connectivity index (χ0v) is 21.0. The molecular weight excluding hydrogens is 411 g/mol. The van der Waals surface area contributed by atoms with Crippen LogP contribution in [-0.4, -0.2) is 18.3 Å². The Balaban J connectivity index is 1.93. The molecule has 29 heavy (non-hydrogen) atoms. The van der Waals surface area contributed by atoms with Crippen molar-refractivity contribution < 1.29 is 0 Å². The molecule has 1 nitrogen and oxygen atoms in total. The van der Waals surface area contributed by atoms with Gasteiger partial charge in [0.15, 0.2) is 0 Å². The average molecular weight is 444 g/mol. The number of aromatic nitrogens is 1. The fourth-order valence-corrected chi connectivity index (χ4v) is 8.32. The summed E-state index contributed by atoms with van der Waals surface area (Å²) in [4.78, 5) is 5.04. The van der Waals surface area contributed by atoms with E-state index in [1.54, 1.807) is 4.40 Å². The van der Waals surface area contributed by atoms with E-state index in [1.165, 1.54) is 33.4 Å². The third-order valence-corrected chi connectivity index (χ3v) is 10.6. The molecule has 1 aromatic heterocycles. The molecule has 1 aliphatic carbocycles. The van der Waals surface area contributed by atoms with Crippen molar-refractivity contribution in [3.8, 4) is 22.4 Å². The Labute approximate surface area is 179 Å². The van der Waals surface area contributed by atoms with Crippen LogP contribution in [0.1, 0.15) is 44.4 Å². The maximum atomic E-state index is 5.04. The summed E-state index contributed by atoms with van der Waals surface area (Å²) in [6, 6.07) is 18.0. The Kier molecular flexibility index (Phi) is 5.01. The molecule has 0 spiro atoms. The number of hydrogen-bond acceptors (Lipinski definition) is 1. The van der Waals surface area contributed by atoms with Crippen LogP contribution in [0, 0.1) is 5.92 Å². The van der Waals surface area contributed by atoms with Gasteiger partial charge in [-0.15, -0.1) is 0 Å². The summed E-state index contributed by atoms with van der Waals surface area (Å²) in [5.41, 5.74) is 9.52. The number of pyridine rings is 1. The number of fused-ring (bicyclic) bond motifs is 3. The fourth-order valence-electron chi connectivity index (χ4n) is 4.99. The van der Waals surface area contributed by atoms with Gasteiger partial charge in [0.2, 0.25) is 0 Å². The van der Waals surface area contributed by atoms with Gasteiger partial charge in [0.05, 0.1) is 0 Å². The van der Waals surface area contributed by atoms with Crippen LogP contribution >= 0.6 is 0 Å². The zero-order valence-electron chi connectivity index (χ0n) is 18.9. The Morgan fingerprint density at radius 2 is 1.55 bits per heavy atom. The van der Waals surface area contributed by atoms with Gasteiger partial charge in [0, 0.05) is 0 Å². The Morgan fingerprint density at radius 1 is 0.897 bits per heavy atom. The summed E-state index contributed by atoms with van der Waals surface area (Å²) < 4.78 is 1.55. The number of benzene rings is 2. The molecule has 3 aromatic rings. The van der Waals surface area contributed by atoms with Crippen LogP contribution in [0.5, 0.6) is 0 Å². The summed E-state index contributed by atoms with van der Waals surface area (Å²) in [5, 5.41) is 0. The molecule has 0 N–H and O–H groups in total. The van der Waals surface area contributed by atoms with Crippen LogP contribution in [0.15, 0.2) is 54.7 Å². The summed E-state index contributed by atoms with van der Waals surface area (Å²) >= 11 is -1.97. The molecule has 0 aliphatic heterocycles. The second-order valence-corrected chi connectivity index (χ2v) is 21.0. The standard InChI is InChI=1S/C27H33GeN/c1-18(2)15-19-16-25(29-17-24(19)28(5,6)7)22-13-10-12-21-20-11-8-9-14-23(20)27(3,4)26(21)22/h8-14,16-18H,15H2,1-7H3. The molecule has 4 rings (SSSR count). The van der Waals surface area contributed by atoms with Gasteiger partial charge in [-0.2, -0.15) is 0 Å². The van der Waals surface area contributed by atoms with Gasteiger partial charge in [0.25, 0.3) is 0 Å². The van der Waals surface area contributed by atoms with Crippen LogP contribution in [0.2, 0.25) is 17.3 Å². The van der Waals surface area contributed by atoms with Crippen molar-refractivity contribution in [3.05, 3.63) is 71.4 Å². The van der Waals surface area contributed by atoms with Crippen molar-refractivity contribution in [3.63, 3.8) is 0 Å². The second-order valence-electron chi connectivity index (χ2n) is 10.5. The minimum absolute atomic E-state index is 0.0110. The SMILES string of the molecule is CC(C)Cc1cc(-c2cccc3c2C(C)(C)c2ccccc2-3)nc[c]1[Ge]([CH3])([CH3])[CH3]. The molecule has 150 valence electrons. The molecule has 0 saturated carbocycles. The van der Waals surface area contributed by atoms with E-state index in [4.69, 9.17) is 4.98 Å². The van der Waals surface area contributed by atoms with Gasteiger partial charge < -0.3 is 0 Å². The van der Waals surface area contributed by atoms with E-state index in [1.807, 2.05) is 0 Å². The normalized spacial score (nSPS) is 14.8. The predicted molar refractivity (Wildman–Crippen MR) is 129 cm³/mol. The van der Waals surface area contributed by atoms with E-state index in [-0.39, 0.29) is 5.41 Å². The summed E-state index contributed by atoms with van der Waals surface area (Å²) in [7, 11) is 0. The first kappa shape index (κ1) is 20.4. The topological polar surface area (TPSA) is 12.9 Å². The molecule has 0 unspecified atom stereocenters. The fraction of sp³-hybridized carbons (Fsp3) is 0.370. The van der Waals surface area contributed by atoms with E-state index in [9.17, 15) is 0 Å². The average Bonchev–Trinajstić information content (AvgIpc) is 2.88. The molecule has 0 atom stereocenters. The van der Waals surface area contributed by atoms with Gasteiger partial charge in [-0.25, -0.2) is 0 Å². The first-order valence-corrected chi connectivity index (χ1v) is 18.2. The molecule has 1 aliphatic rings. The summed E-state index contributed by atoms with van der Waals surface area (Å²) in [6.45, 7) is 9.35. The van der Waals surface area contributed by atoms with Gasteiger partial charge in [-0.05, 0) is 0 Å². The van der Waals surface area contributed by atoms with Crippen LogP contribution in [0.3, 0.4) is 0 Å². The van der Waals surface area contributed by atoms with Crippen LogP contribution in [0.25, 0.3) is 22.4 Å². The Hall–Kier alpha value is -1.87. The van der Waals surface area contributed by atoms with E-state index < -0.39 is 13.3 Å². The van der Waals surface area contributed by atoms with E-state index >= 15 is 0 Å². The monoisotopic (exact) mass is 445 g/mol. The van der Waals surface area contributed by atoms with Crippen molar-refractivity contribution in [1.82, 2.24) is 4.98 Å². The first-order valence-electron chi connectivity index (χ1n) is 10.8. The van der Waals surface area contributed by atoms with Crippen molar-refractivity contribution in [2.45, 2.75) is 56.8 Å². The third kappa shape index (κ3) is 3.48. The molecule has 1 heterocycles. The van der Waals surface area contributed by atoms with Gasteiger partial charge in [-0.3, -0.25) is 0 Å². The van der Waals surface area contributed by atoms with Crippen molar-refractivity contribution in [1.29, 1.82) is 0 Å². The van der Waals surface area contributed by atoms with E-state index in [2.05, 4.69) is 99.7 Å². The Morgan fingerprint density at radius 3 is 2.24 bits per heavy atom. The molecule has 0 amide bonds. The van der Waals surface area contributed by atoms with E-state index in [0.29, 0.717) is 5.92 Å². The predicted octanol–water partition coefficient (Wildman–Crippen LogP) is 6.80. The first-order chi connectivity index (χ1) is 13.6. The third-order valence-electron chi connectivity index (χ3n) is 6.28. The van der Waals surface area contributed by atoms with Gasteiger partial charge >= 0.3 is 179 Å². The Bertz CT molecular complexity index is 1070. The summed E-state index contributed by atoms with van der Waals surface area (Å²) in [5.74, 6) is 8.07. The van der Waals surface area contributed by atoms with Crippen molar-refractivity contribution in [2.75, 3.05) is 0 Å². The van der Waals surface area contributed by atoms with Crippen LogP contribution in [-0.2, 0) is 11.8 Å². The molecule has 0 fully saturated rings. The molecule has 2 aromatic carbocycles. The van der Waals surface area contributed by atoms with Gasteiger partial charge in [-0.1, -0.05) is 0 Å². The van der Waals surface area contributed by atoms with Gasteiger partial charge in [0.1, 0.15) is 0 Å². The number of rotatable bonds is 4. The van der Waals surface area contributed by atoms with Crippen molar-refractivity contribution in [2.24, 2.45) is 5.92 Å². The number of hydrogen-bond donors (Lipinski definition) is 0.